The summed E-state index contributed by atoms with van der Waals surface area (Å²) in [5.74, 6) is 0. The normalized spacial score (nSPS) is 13.0. The summed E-state index contributed by atoms with van der Waals surface area (Å²) in [5, 5.41) is 27.0. The summed E-state index contributed by atoms with van der Waals surface area (Å²) < 4.78 is 0. The Balaban J connectivity index is 1.09. The van der Waals surface area contributed by atoms with Gasteiger partial charge in [-0.1, -0.05) is 133 Å². The van der Waals surface area contributed by atoms with E-state index in [2.05, 4.69) is 170 Å². The Morgan fingerprint density at radius 1 is 0.306 bits per heavy atom. The molecule has 0 saturated heterocycles. The highest BCUT2D eigenvalue weighted by Gasteiger charge is 2.43. The lowest BCUT2D eigenvalue weighted by molar-refractivity contribution is 0.146. The number of aliphatic hydroxyl groups excluding tert-OH is 2. The Kier molecular flexibility index (Phi) is 7.02. The molecule has 0 amide bonds. The van der Waals surface area contributed by atoms with Crippen LogP contribution in [-0.2, 0) is 5.41 Å². The first kappa shape index (κ1) is 29.3. The van der Waals surface area contributed by atoms with Gasteiger partial charge in [0.15, 0.2) is 0 Å². The van der Waals surface area contributed by atoms with Crippen LogP contribution in [0.2, 0.25) is 0 Å². The molecule has 0 spiro atoms. The first-order valence-corrected chi connectivity index (χ1v) is 16.8. The van der Waals surface area contributed by atoms with Crippen LogP contribution in [-0.4, -0.2) is 23.4 Å². The van der Waals surface area contributed by atoms with Crippen molar-refractivity contribution in [1.29, 1.82) is 0 Å². The maximum absolute atomic E-state index is 11.0. The largest absolute Gasteiger partial charge is 0.395 e. The maximum Gasteiger partial charge on any atom is 0.0676 e. The van der Waals surface area contributed by atoms with Gasteiger partial charge < -0.3 is 10.2 Å². The minimum Gasteiger partial charge on any atom is -0.395 e. The minimum atomic E-state index is -0.914. The van der Waals surface area contributed by atoms with Crippen LogP contribution in [0.25, 0.3) is 77.2 Å². The van der Waals surface area contributed by atoms with Crippen molar-refractivity contribution in [2.45, 2.75) is 5.41 Å². The molecule has 0 saturated carbocycles. The molecule has 0 fully saturated rings. The van der Waals surface area contributed by atoms with Gasteiger partial charge in [-0.3, -0.25) is 0 Å². The zero-order chi connectivity index (χ0) is 33.0. The Bertz CT molecular complexity index is 2360. The van der Waals surface area contributed by atoms with E-state index < -0.39 is 5.41 Å². The number of fused-ring (bicyclic) bond motifs is 5. The molecule has 2 N–H and O–H groups in total. The molecule has 8 aromatic carbocycles. The molecule has 0 atom stereocenters. The fraction of sp³-hybridized carbons (Fsp3) is 0.0638. The average Bonchev–Trinajstić information content (AvgIpc) is 3.46. The van der Waals surface area contributed by atoms with E-state index in [4.69, 9.17) is 0 Å². The highest BCUT2D eigenvalue weighted by atomic mass is 16.3. The van der Waals surface area contributed by atoms with E-state index in [1.165, 1.54) is 32.7 Å². The SMILES string of the molecule is OCC1(CO)c2cc(-c3cccc(-c4ccc5ccccc5c4)c3)ccc2-c2ccc(-c3cccc(-c4ccc5ccccc5c4)c3)cc21. The van der Waals surface area contributed by atoms with Gasteiger partial charge in [0.25, 0.3) is 0 Å². The zero-order valence-corrected chi connectivity index (χ0v) is 27.0. The highest BCUT2D eigenvalue weighted by molar-refractivity contribution is 5.91. The number of rotatable bonds is 6. The summed E-state index contributed by atoms with van der Waals surface area (Å²) in [7, 11) is 0. The lowest BCUT2D eigenvalue weighted by Gasteiger charge is -2.28. The first-order valence-electron chi connectivity index (χ1n) is 16.8. The van der Waals surface area contributed by atoms with Gasteiger partial charge in [0.2, 0.25) is 0 Å². The fourth-order valence-corrected chi connectivity index (χ4v) is 7.74. The van der Waals surface area contributed by atoms with Gasteiger partial charge in [-0.2, -0.15) is 0 Å². The van der Waals surface area contributed by atoms with Gasteiger partial charge >= 0.3 is 0 Å². The molecule has 0 heterocycles. The second-order valence-corrected chi connectivity index (χ2v) is 13.2. The smallest absolute Gasteiger partial charge is 0.0676 e. The summed E-state index contributed by atoms with van der Waals surface area (Å²) in [4.78, 5) is 0. The molecule has 1 aliphatic rings. The number of hydrogen-bond acceptors (Lipinski definition) is 2. The second-order valence-electron chi connectivity index (χ2n) is 13.2. The van der Waals surface area contributed by atoms with Crippen LogP contribution in [0.3, 0.4) is 0 Å². The summed E-state index contributed by atoms with van der Waals surface area (Å²) in [6, 6.07) is 60.3. The Labute approximate surface area is 286 Å². The van der Waals surface area contributed by atoms with Crippen molar-refractivity contribution in [3.05, 3.63) is 181 Å². The predicted molar refractivity (Wildman–Crippen MR) is 204 cm³/mol. The minimum absolute atomic E-state index is 0.190. The van der Waals surface area contributed by atoms with Gasteiger partial charge in [-0.15, -0.1) is 0 Å². The highest BCUT2D eigenvalue weighted by Crippen LogP contribution is 2.51. The summed E-state index contributed by atoms with van der Waals surface area (Å²) in [5.41, 5.74) is 12.1. The van der Waals surface area contributed by atoms with Crippen molar-refractivity contribution >= 4 is 21.5 Å². The average molecular weight is 631 g/mol. The molecule has 0 aromatic heterocycles. The van der Waals surface area contributed by atoms with Crippen LogP contribution in [0.15, 0.2) is 170 Å². The molecule has 0 bridgehead atoms. The third-order valence-corrected chi connectivity index (χ3v) is 10.5. The summed E-state index contributed by atoms with van der Waals surface area (Å²) >= 11 is 0. The van der Waals surface area contributed by atoms with E-state index in [9.17, 15) is 10.2 Å². The monoisotopic (exact) mass is 630 g/mol. The second kappa shape index (κ2) is 11.7. The van der Waals surface area contributed by atoms with E-state index >= 15 is 0 Å². The van der Waals surface area contributed by atoms with E-state index in [1.54, 1.807) is 0 Å². The summed E-state index contributed by atoms with van der Waals surface area (Å²) in [6.07, 6.45) is 0. The van der Waals surface area contributed by atoms with Gasteiger partial charge in [0.1, 0.15) is 0 Å². The van der Waals surface area contributed by atoms with E-state index in [0.717, 1.165) is 55.6 Å². The van der Waals surface area contributed by atoms with Crippen LogP contribution in [0.1, 0.15) is 11.1 Å². The van der Waals surface area contributed by atoms with Crippen molar-refractivity contribution in [3.63, 3.8) is 0 Å². The van der Waals surface area contributed by atoms with Crippen LogP contribution in [0.5, 0.6) is 0 Å². The van der Waals surface area contributed by atoms with Gasteiger partial charge in [0.05, 0.1) is 18.6 Å². The number of aliphatic hydroxyl groups is 2. The lowest BCUT2D eigenvalue weighted by atomic mass is 9.78. The van der Waals surface area contributed by atoms with E-state index in [0.29, 0.717) is 0 Å². The van der Waals surface area contributed by atoms with Crippen molar-refractivity contribution < 1.29 is 10.2 Å². The molecule has 2 nitrogen and oxygen atoms in total. The molecule has 49 heavy (non-hydrogen) atoms. The van der Waals surface area contributed by atoms with E-state index in [1.807, 2.05) is 0 Å². The van der Waals surface area contributed by atoms with Crippen molar-refractivity contribution in [2.24, 2.45) is 0 Å². The molecule has 0 unspecified atom stereocenters. The van der Waals surface area contributed by atoms with Gasteiger partial charge in [-0.25, -0.2) is 0 Å². The number of hydrogen-bond donors (Lipinski definition) is 2. The fourth-order valence-electron chi connectivity index (χ4n) is 7.74. The van der Waals surface area contributed by atoms with Gasteiger partial charge in [-0.05, 0) is 125 Å². The molecule has 0 aliphatic heterocycles. The number of benzene rings is 8. The Morgan fingerprint density at radius 2 is 0.653 bits per heavy atom. The zero-order valence-electron chi connectivity index (χ0n) is 27.0. The standard InChI is InChI=1S/C47H34O2/c48-29-47(30-49)45-27-41(37-13-5-11-35(25-37)39-17-15-31-7-1-3-9-33(31)23-39)19-21-43(45)44-22-20-42(28-46(44)47)38-14-6-12-36(26-38)40-18-16-32-8-2-4-10-34(32)24-40/h1-28,48-49H,29-30H2. The molecule has 0 radical (unpaired) electrons. The van der Waals surface area contributed by atoms with Crippen molar-refractivity contribution in [1.82, 2.24) is 0 Å². The first-order chi connectivity index (χ1) is 24.1. The third-order valence-electron chi connectivity index (χ3n) is 10.5. The predicted octanol–water partition coefficient (Wildman–Crippen LogP) is 10.9. The third kappa shape index (κ3) is 4.88. The Hall–Kier alpha value is -5.80. The van der Waals surface area contributed by atoms with Crippen molar-refractivity contribution in [3.8, 4) is 55.6 Å². The topological polar surface area (TPSA) is 40.5 Å². The molecule has 8 aromatic rings. The van der Waals surface area contributed by atoms with Gasteiger partial charge in [0, 0.05) is 0 Å². The molecule has 1 aliphatic carbocycles. The van der Waals surface area contributed by atoms with Crippen LogP contribution < -0.4 is 0 Å². The maximum atomic E-state index is 11.0. The van der Waals surface area contributed by atoms with Crippen LogP contribution >= 0.6 is 0 Å². The molecular weight excluding hydrogens is 597 g/mol. The van der Waals surface area contributed by atoms with Crippen LogP contribution in [0.4, 0.5) is 0 Å². The quantitative estimate of drug-likeness (QED) is 0.192. The van der Waals surface area contributed by atoms with Crippen LogP contribution in [0, 0.1) is 0 Å². The molecule has 2 heteroatoms. The van der Waals surface area contributed by atoms with E-state index in [-0.39, 0.29) is 13.2 Å². The summed E-state index contributed by atoms with van der Waals surface area (Å²) in [6.45, 7) is -0.380. The van der Waals surface area contributed by atoms with Crippen molar-refractivity contribution in [2.75, 3.05) is 13.2 Å². The molecule has 9 rings (SSSR count). The lowest BCUT2D eigenvalue weighted by Crippen LogP contribution is -2.34. The Morgan fingerprint density at radius 3 is 1.06 bits per heavy atom. The molecular formula is C47H34O2. The molecule has 234 valence electrons.